The van der Waals surface area contributed by atoms with E-state index >= 15 is 0 Å². The highest BCUT2D eigenvalue weighted by molar-refractivity contribution is 6.29. The van der Waals surface area contributed by atoms with E-state index in [2.05, 4.69) is 37.0 Å². The molecule has 0 atom stereocenters. The van der Waals surface area contributed by atoms with Gasteiger partial charge in [0, 0.05) is 32.0 Å². The summed E-state index contributed by atoms with van der Waals surface area (Å²) in [6, 6.07) is 3.57. The summed E-state index contributed by atoms with van der Waals surface area (Å²) in [5.74, 6) is 0.923. The molecule has 4 aromatic heterocycles. The van der Waals surface area contributed by atoms with Crippen LogP contribution < -0.4 is 4.90 Å². The van der Waals surface area contributed by atoms with Crippen LogP contribution in [-0.4, -0.2) is 79.9 Å². The van der Waals surface area contributed by atoms with Crippen molar-refractivity contribution in [1.82, 2.24) is 34.1 Å². The topological polar surface area (TPSA) is 101 Å². The molecule has 1 fully saturated rings. The number of hydrogen-bond acceptors (Lipinski definition) is 8. The quantitative estimate of drug-likeness (QED) is 0.351. The Bertz CT molecular complexity index is 1220. The smallest absolute Gasteiger partial charge is 0.167 e. The van der Waals surface area contributed by atoms with Crippen molar-refractivity contribution in [2.24, 2.45) is 0 Å². The van der Waals surface area contributed by atoms with Gasteiger partial charge < -0.3 is 9.80 Å². The summed E-state index contributed by atoms with van der Waals surface area (Å²) in [4.78, 5) is 34.5. The average Bonchev–Trinajstić information content (AvgIpc) is 3.32. The number of carbonyl (C=O) groups excluding carboxylic acids is 2. The van der Waals surface area contributed by atoms with E-state index in [-0.39, 0.29) is 0 Å². The lowest BCUT2D eigenvalue weighted by Crippen LogP contribution is -2.29. The molecule has 0 N–H and O–H groups in total. The zero-order valence-corrected chi connectivity index (χ0v) is 17.7. The molecular formula is C20H21ClN8O2. The lowest BCUT2D eigenvalue weighted by atomic mass is 10.3. The molecule has 0 saturated carbocycles. The van der Waals surface area contributed by atoms with Crippen molar-refractivity contribution in [3.05, 3.63) is 53.2 Å². The largest absolute Gasteiger partial charge is 0.355 e. The third-order valence-corrected chi connectivity index (χ3v) is 5.25. The number of aldehydes is 2. The fraction of sp³-hybridized carbons (Fsp3) is 0.300. The number of carbonyl (C=O) groups is 2. The van der Waals surface area contributed by atoms with Gasteiger partial charge in [0.1, 0.15) is 11.0 Å². The molecule has 31 heavy (non-hydrogen) atoms. The second-order valence-electron chi connectivity index (χ2n) is 7.15. The molecule has 0 aromatic carbocycles. The van der Waals surface area contributed by atoms with Gasteiger partial charge in [0.2, 0.25) is 0 Å². The molecule has 5 heterocycles. The van der Waals surface area contributed by atoms with Gasteiger partial charge in [-0.25, -0.2) is 19.0 Å². The Balaban J connectivity index is 0.000000166. The monoisotopic (exact) mass is 440 g/mol. The van der Waals surface area contributed by atoms with Gasteiger partial charge in [-0.05, 0) is 32.1 Å². The summed E-state index contributed by atoms with van der Waals surface area (Å²) >= 11 is 5.64. The Morgan fingerprint density at radius 1 is 0.871 bits per heavy atom. The highest BCUT2D eigenvalue weighted by Gasteiger charge is 2.15. The standard InChI is InChI=1S/C13H17N5O.C7H4ClN3O/c1-16-4-2-5-17(8-7-16)12-3-6-18-13(15-12)11(10-19)9-14-18;8-6-1-2-11-7(10-6)5(4-12)3-9-11/h3,6,9-10H,2,4-5,7-8H2,1H3;1-4H. The summed E-state index contributed by atoms with van der Waals surface area (Å²) in [5.41, 5.74) is 2.09. The zero-order valence-electron chi connectivity index (χ0n) is 16.9. The molecule has 10 nitrogen and oxygen atoms in total. The molecule has 1 aliphatic rings. The number of anilines is 1. The molecule has 1 aliphatic heterocycles. The SMILES string of the molecule is CN1CCCN(c2ccn3ncc(C=O)c3n2)CC1.O=Cc1cnn2ccc(Cl)nc12. The van der Waals surface area contributed by atoms with Crippen molar-refractivity contribution in [2.45, 2.75) is 6.42 Å². The Labute approximate surface area is 183 Å². The summed E-state index contributed by atoms with van der Waals surface area (Å²) in [6.07, 6.45) is 9.14. The van der Waals surface area contributed by atoms with Gasteiger partial charge in [0.25, 0.3) is 0 Å². The molecule has 0 radical (unpaired) electrons. The first-order chi connectivity index (χ1) is 15.1. The van der Waals surface area contributed by atoms with Gasteiger partial charge >= 0.3 is 0 Å². The fourth-order valence-corrected chi connectivity index (χ4v) is 3.50. The van der Waals surface area contributed by atoms with E-state index in [4.69, 9.17) is 11.6 Å². The summed E-state index contributed by atoms with van der Waals surface area (Å²) in [7, 11) is 2.14. The highest BCUT2D eigenvalue weighted by Crippen LogP contribution is 2.16. The van der Waals surface area contributed by atoms with Gasteiger partial charge in [-0.1, -0.05) is 11.6 Å². The van der Waals surface area contributed by atoms with E-state index in [1.165, 1.54) is 10.7 Å². The van der Waals surface area contributed by atoms with Crippen molar-refractivity contribution >= 4 is 41.3 Å². The second-order valence-corrected chi connectivity index (χ2v) is 7.54. The highest BCUT2D eigenvalue weighted by atomic mass is 35.5. The molecule has 0 aliphatic carbocycles. The van der Waals surface area contributed by atoms with Gasteiger partial charge in [0.05, 0.1) is 23.5 Å². The third kappa shape index (κ3) is 4.54. The number of aromatic nitrogens is 6. The van der Waals surface area contributed by atoms with Crippen LogP contribution in [0, 0.1) is 0 Å². The number of hydrogen-bond donors (Lipinski definition) is 0. The van der Waals surface area contributed by atoms with E-state index in [1.807, 2.05) is 12.3 Å². The Kier molecular flexibility index (Phi) is 6.19. The maximum Gasteiger partial charge on any atom is 0.167 e. The fourth-order valence-electron chi connectivity index (χ4n) is 3.36. The van der Waals surface area contributed by atoms with Crippen LogP contribution in [0.15, 0.2) is 36.9 Å². The minimum absolute atomic E-state index is 0.353. The van der Waals surface area contributed by atoms with Crippen molar-refractivity contribution in [3.63, 3.8) is 0 Å². The number of likely N-dealkylation sites (N-methyl/N-ethyl adjacent to an activating group) is 1. The van der Waals surface area contributed by atoms with Gasteiger partial charge in [0.15, 0.2) is 23.9 Å². The first-order valence-electron chi connectivity index (χ1n) is 9.77. The van der Waals surface area contributed by atoms with Crippen molar-refractivity contribution in [3.8, 4) is 0 Å². The summed E-state index contributed by atoms with van der Waals surface area (Å²) < 4.78 is 3.13. The Morgan fingerprint density at radius 3 is 2.19 bits per heavy atom. The van der Waals surface area contributed by atoms with Crippen molar-refractivity contribution in [1.29, 1.82) is 0 Å². The van der Waals surface area contributed by atoms with E-state index in [1.54, 1.807) is 23.0 Å². The van der Waals surface area contributed by atoms with Crippen LogP contribution in [0.4, 0.5) is 5.82 Å². The molecular weight excluding hydrogens is 420 g/mol. The van der Waals surface area contributed by atoms with E-state index in [0.29, 0.717) is 33.9 Å². The predicted octanol–water partition coefficient (Wildman–Crippen LogP) is 1.88. The van der Waals surface area contributed by atoms with Crippen molar-refractivity contribution in [2.75, 3.05) is 38.1 Å². The summed E-state index contributed by atoms with van der Waals surface area (Å²) in [6.45, 7) is 4.11. The maximum absolute atomic E-state index is 11.0. The van der Waals surface area contributed by atoms with Crippen LogP contribution in [0.25, 0.3) is 11.3 Å². The molecule has 0 spiro atoms. The molecule has 160 valence electrons. The van der Waals surface area contributed by atoms with E-state index in [0.717, 1.165) is 44.7 Å². The minimum atomic E-state index is 0.353. The van der Waals surface area contributed by atoms with Gasteiger partial charge in [-0.15, -0.1) is 0 Å². The minimum Gasteiger partial charge on any atom is -0.355 e. The molecule has 11 heteroatoms. The number of halogens is 1. The number of nitrogens with zero attached hydrogens (tertiary/aromatic N) is 8. The summed E-state index contributed by atoms with van der Waals surface area (Å²) in [5, 5.41) is 8.35. The van der Waals surface area contributed by atoms with Crippen molar-refractivity contribution < 1.29 is 9.59 Å². The third-order valence-electron chi connectivity index (χ3n) is 5.04. The number of fused-ring (bicyclic) bond motifs is 2. The maximum atomic E-state index is 11.0. The number of rotatable bonds is 3. The lowest BCUT2D eigenvalue weighted by Gasteiger charge is -2.21. The molecule has 0 bridgehead atoms. The molecule has 0 unspecified atom stereocenters. The Morgan fingerprint density at radius 2 is 1.52 bits per heavy atom. The zero-order chi connectivity index (χ0) is 21.8. The average molecular weight is 441 g/mol. The molecule has 4 aromatic rings. The van der Waals surface area contributed by atoms with Crippen LogP contribution in [0.1, 0.15) is 27.1 Å². The molecule has 0 amide bonds. The van der Waals surface area contributed by atoms with E-state index in [9.17, 15) is 9.59 Å². The van der Waals surface area contributed by atoms with E-state index < -0.39 is 0 Å². The second kappa shape index (κ2) is 9.19. The van der Waals surface area contributed by atoms with Crippen LogP contribution in [0.2, 0.25) is 5.15 Å². The van der Waals surface area contributed by atoms with Gasteiger partial charge in [-0.3, -0.25) is 9.59 Å². The first kappa shape index (κ1) is 20.9. The predicted molar refractivity (Wildman–Crippen MR) is 116 cm³/mol. The first-order valence-corrected chi connectivity index (χ1v) is 10.1. The molecule has 5 rings (SSSR count). The van der Waals surface area contributed by atoms with Crippen LogP contribution in [0.3, 0.4) is 0 Å². The van der Waals surface area contributed by atoms with Gasteiger partial charge in [-0.2, -0.15) is 10.2 Å². The van der Waals surface area contributed by atoms with Crippen LogP contribution in [0.5, 0.6) is 0 Å². The Hall–Kier alpha value is -3.37. The van der Waals surface area contributed by atoms with Crippen LogP contribution in [-0.2, 0) is 0 Å². The van der Waals surface area contributed by atoms with Crippen LogP contribution >= 0.6 is 11.6 Å². The normalized spacial score (nSPS) is 14.8. The molecule has 1 saturated heterocycles. The lowest BCUT2D eigenvalue weighted by molar-refractivity contribution is 0.111.